The first-order valence-corrected chi connectivity index (χ1v) is 5.53. The average Bonchev–Trinajstić information content (AvgIpc) is 2.28. The van der Waals surface area contributed by atoms with E-state index in [0.717, 1.165) is 10.0 Å². The van der Waals surface area contributed by atoms with Gasteiger partial charge in [-0.15, -0.1) is 0 Å². The molecule has 0 aliphatic rings. The number of halogens is 2. The second-order valence-electron chi connectivity index (χ2n) is 3.21. The van der Waals surface area contributed by atoms with E-state index in [9.17, 15) is 4.39 Å². The van der Waals surface area contributed by atoms with Gasteiger partial charge in [0.25, 0.3) is 5.95 Å². The Hall–Kier alpha value is -1.42. The topological polar surface area (TPSA) is 22.1 Å². The van der Waals surface area contributed by atoms with Crippen LogP contribution >= 0.6 is 15.9 Å². The molecule has 1 aromatic heterocycles. The second kappa shape index (κ2) is 5.07. The van der Waals surface area contributed by atoms with Gasteiger partial charge in [-0.25, -0.2) is 4.98 Å². The lowest BCUT2D eigenvalue weighted by Gasteiger charge is -2.06. The third kappa shape index (κ3) is 2.79. The minimum atomic E-state index is -0.586. The van der Waals surface area contributed by atoms with Crippen molar-refractivity contribution in [1.82, 2.24) is 4.98 Å². The van der Waals surface area contributed by atoms with Crippen molar-refractivity contribution in [2.75, 3.05) is 0 Å². The molecule has 1 aromatic carbocycles. The lowest BCUT2D eigenvalue weighted by atomic mass is 10.2. The van der Waals surface area contributed by atoms with Gasteiger partial charge in [-0.2, -0.15) is 4.39 Å². The van der Waals surface area contributed by atoms with Gasteiger partial charge in [0.05, 0.1) is 0 Å². The molecule has 0 radical (unpaired) electrons. The van der Waals surface area contributed by atoms with Crippen molar-refractivity contribution in [3.63, 3.8) is 0 Å². The summed E-state index contributed by atoms with van der Waals surface area (Å²) in [5.41, 5.74) is 0.970. The van der Waals surface area contributed by atoms with Gasteiger partial charge in [0.15, 0.2) is 5.75 Å². The van der Waals surface area contributed by atoms with Gasteiger partial charge in [0.1, 0.15) is 6.61 Å². The molecule has 0 saturated carbocycles. The highest BCUT2D eigenvalue weighted by molar-refractivity contribution is 9.10. The third-order valence-corrected chi connectivity index (χ3v) is 2.50. The van der Waals surface area contributed by atoms with Crippen molar-refractivity contribution in [1.29, 1.82) is 0 Å². The average molecular weight is 282 g/mol. The van der Waals surface area contributed by atoms with E-state index in [1.165, 1.54) is 6.20 Å². The van der Waals surface area contributed by atoms with Gasteiger partial charge in [0.2, 0.25) is 0 Å². The molecule has 0 unspecified atom stereocenters. The number of rotatable bonds is 3. The first-order valence-electron chi connectivity index (χ1n) is 4.73. The zero-order chi connectivity index (χ0) is 11.4. The van der Waals surface area contributed by atoms with E-state index in [2.05, 4.69) is 20.9 Å². The Morgan fingerprint density at radius 3 is 2.88 bits per heavy atom. The van der Waals surface area contributed by atoms with Crippen molar-refractivity contribution in [2.45, 2.75) is 6.61 Å². The fourth-order valence-corrected chi connectivity index (χ4v) is 1.71. The number of hydrogen-bond acceptors (Lipinski definition) is 2. The zero-order valence-corrected chi connectivity index (χ0v) is 9.95. The molecule has 0 fully saturated rings. The number of benzene rings is 1. The van der Waals surface area contributed by atoms with Crippen LogP contribution in [-0.2, 0) is 6.61 Å². The molecular weight excluding hydrogens is 273 g/mol. The summed E-state index contributed by atoms with van der Waals surface area (Å²) < 4.78 is 19.4. The molecule has 82 valence electrons. The molecule has 1 heterocycles. The third-order valence-electron chi connectivity index (χ3n) is 2.01. The van der Waals surface area contributed by atoms with Crippen LogP contribution in [0.1, 0.15) is 5.56 Å². The van der Waals surface area contributed by atoms with Gasteiger partial charge < -0.3 is 4.74 Å². The maximum absolute atomic E-state index is 13.1. The number of pyridine rings is 1. The summed E-state index contributed by atoms with van der Waals surface area (Å²) in [7, 11) is 0. The highest BCUT2D eigenvalue weighted by atomic mass is 79.9. The standard InChI is InChI=1S/C12H9BrFNO/c13-10-4-1-3-9(7-10)8-16-11-5-2-6-15-12(11)14/h1-7H,8H2. The summed E-state index contributed by atoms with van der Waals surface area (Å²) in [5, 5.41) is 0. The molecule has 0 atom stereocenters. The van der Waals surface area contributed by atoms with E-state index in [1.807, 2.05) is 24.3 Å². The minimum absolute atomic E-state index is 0.169. The summed E-state index contributed by atoms with van der Waals surface area (Å²) in [6, 6.07) is 10.9. The molecule has 0 bridgehead atoms. The summed E-state index contributed by atoms with van der Waals surface area (Å²) >= 11 is 3.36. The quantitative estimate of drug-likeness (QED) is 0.803. The SMILES string of the molecule is Fc1ncccc1OCc1cccc(Br)c1. The van der Waals surface area contributed by atoms with E-state index in [-0.39, 0.29) is 5.75 Å². The number of aromatic nitrogens is 1. The Balaban J connectivity index is 2.05. The van der Waals surface area contributed by atoms with E-state index in [4.69, 9.17) is 4.74 Å². The second-order valence-corrected chi connectivity index (χ2v) is 4.13. The monoisotopic (exact) mass is 281 g/mol. The highest BCUT2D eigenvalue weighted by Crippen LogP contribution is 2.17. The molecule has 0 amide bonds. The Bertz CT molecular complexity index is 490. The van der Waals surface area contributed by atoms with Gasteiger partial charge >= 0.3 is 0 Å². The molecule has 0 saturated heterocycles. The summed E-state index contributed by atoms with van der Waals surface area (Å²) in [6.45, 7) is 0.321. The Morgan fingerprint density at radius 1 is 1.25 bits per heavy atom. The minimum Gasteiger partial charge on any atom is -0.484 e. The summed E-state index contributed by atoms with van der Waals surface area (Å²) in [5.74, 6) is -0.417. The van der Waals surface area contributed by atoms with Crippen LogP contribution in [-0.4, -0.2) is 4.98 Å². The van der Waals surface area contributed by atoms with Crippen LogP contribution in [0.15, 0.2) is 47.1 Å². The first-order chi connectivity index (χ1) is 7.75. The molecule has 0 aliphatic heterocycles. The van der Waals surface area contributed by atoms with Crippen LogP contribution in [0.3, 0.4) is 0 Å². The van der Waals surface area contributed by atoms with E-state index < -0.39 is 5.95 Å². The smallest absolute Gasteiger partial charge is 0.255 e. The zero-order valence-electron chi connectivity index (χ0n) is 8.36. The lowest BCUT2D eigenvalue weighted by Crippen LogP contribution is -1.98. The van der Waals surface area contributed by atoms with Crippen molar-refractivity contribution >= 4 is 15.9 Å². The molecule has 2 rings (SSSR count). The predicted molar refractivity (Wildman–Crippen MR) is 62.7 cm³/mol. The van der Waals surface area contributed by atoms with Crippen LogP contribution in [0.2, 0.25) is 0 Å². The van der Waals surface area contributed by atoms with Crippen molar-refractivity contribution in [3.05, 3.63) is 58.6 Å². The Kier molecular flexibility index (Phi) is 3.51. The van der Waals surface area contributed by atoms with Gasteiger partial charge in [-0.05, 0) is 29.8 Å². The molecule has 4 heteroatoms. The Labute approximate surface area is 101 Å². The maximum atomic E-state index is 13.1. The molecular formula is C12H9BrFNO. The number of hydrogen-bond donors (Lipinski definition) is 0. The fourth-order valence-electron chi connectivity index (χ4n) is 1.27. The van der Waals surface area contributed by atoms with Crippen molar-refractivity contribution in [2.24, 2.45) is 0 Å². The molecule has 0 N–H and O–H groups in total. The van der Waals surface area contributed by atoms with Crippen LogP contribution in [0, 0.1) is 5.95 Å². The molecule has 0 aliphatic carbocycles. The van der Waals surface area contributed by atoms with Gasteiger partial charge in [-0.3, -0.25) is 0 Å². The van der Waals surface area contributed by atoms with Crippen molar-refractivity contribution < 1.29 is 9.13 Å². The van der Waals surface area contributed by atoms with E-state index >= 15 is 0 Å². The van der Waals surface area contributed by atoms with Crippen molar-refractivity contribution in [3.8, 4) is 5.75 Å². The largest absolute Gasteiger partial charge is 0.484 e. The molecule has 2 nitrogen and oxygen atoms in total. The van der Waals surface area contributed by atoms with Crippen LogP contribution in [0.25, 0.3) is 0 Å². The van der Waals surface area contributed by atoms with Gasteiger partial charge in [-0.1, -0.05) is 28.1 Å². The predicted octanol–water partition coefficient (Wildman–Crippen LogP) is 3.56. The number of nitrogens with zero attached hydrogens (tertiary/aromatic N) is 1. The van der Waals surface area contributed by atoms with E-state index in [1.54, 1.807) is 12.1 Å². The Morgan fingerprint density at radius 2 is 2.12 bits per heavy atom. The molecule has 0 spiro atoms. The van der Waals surface area contributed by atoms with Crippen LogP contribution in [0.4, 0.5) is 4.39 Å². The molecule has 16 heavy (non-hydrogen) atoms. The number of ether oxygens (including phenoxy) is 1. The fraction of sp³-hybridized carbons (Fsp3) is 0.0833. The summed E-state index contributed by atoms with van der Waals surface area (Å²) in [6.07, 6.45) is 1.39. The summed E-state index contributed by atoms with van der Waals surface area (Å²) in [4.78, 5) is 3.51. The molecule has 2 aromatic rings. The normalized spacial score (nSPS) is 10.1. The van der Waals surface area contributed by atoms with Gasteiger partial charge in [0, 0.05) is 10.7 Å². The van der Waals surface area contributed by atoms with E-state index in [0.29, 0.717) is 6.61 Å². The lowest BCUT2D eigenvalue weighted by molar-refractivity contribution is 0.286. The first kappa shape index (κ1) is 11.1. The maximum Gasteiger partial charge on any atom is 0.255 e. The van der Waals surface area contributed by atoms with Crippen LogP contribution < -0.4 is 4.74 Å². The van der Waals surface area contributed by atoms with Crippen LogP contribution in [0.5, 0.6) is 5.75 Å². The highest BCUT2D eigenvalue weighted by Gasteiger charge is 2.03.